The standard InChI is InChI=1S/C19H26N4O2/c24-14-17-9-5-10-22(17)12-16-8-4-11-23(16)13-18-20-19(21-25-18)15-6-2-1-3-7-15/h1-3,6-7,16-17,24H,4-5,8-14H2. The summed E-state index contributed by atoms with van der Waals surface area (Å²) < 4.78 is 5.49. The summed E-state index contributed by atoms with van der Waals surface area (Å²) in [5.74, 6) is 1.34. The zero-order valence-electron chi connectivity index (χ0n) is 14.5. The fourth-order valence-electron chi connectivity index (χ4n) is 4.12. The van der Waals surface area contributed by atoms with Gasteiger partial charge in [-0.1, -0.05) is 35.5 Å². The first-order chi connectivity index (χ1) is 12.3. The van der Waals surface area contributed by atoms with Gasteiger partial charge in [0.2, 0.25) is 11.7 Å². The molecule has 2 atom stereocenters. The van der Waals surface area contributed by atoms with E-state index in [0.29, 0.717) is 30.3 Å². The van der Waals surface area contributed by atoms with Crippen LogP contribution in [-0.2, 0) is 6.54 Å². The molecule has 0 radical (unpaired) electrons. The molecule has 0 saturated carbocycles. The van der Waals surface area contributed by atoms with Gasteiger partial charge < -0.3 is 9.63 Å². The smallest absolute Gasteiger partial charge is 0.241 e. The Labute approximate surface area is 148 Å². The van der Waals surface area contributed by atoms with E-state index in [9.17, 15) is 5.11 Å². The summed E-state index contributed by atoms with van der Waals surface area (Å²) in [6.07, 6.45) is 4.73. The summed E-state index contributed by atoms with van der Waals surface area (Å²) in [6, 6.07) is 10.8. The Kier molecular flexibility index (Phi) is 5.10. The molecule has 0 amide bonds. The van der Waals surface area contributed by atoms with Gasteiger partial charge in [-0.05, 0) is 38.8 Å². The molecule has 2 saturated heterocycles. The van der Waals surface area contributed by atoms with Crippen LogP contribution < -0.4 is 0 Å². The third-order valence-electron chi connectivity index (χ3n) is 5.49. The lowest BCUT2D eigenvalue weighted by molar-refractivity contribution is 0.115. The monoisotopic (exact) mass is 342 g/mol. The number of hydrogen-bond donors (Lipinski definition) is 1. The molecule has 25 heavy (non-hydrogen) atoms. The lowest BCUT2D eigenvalue weighted by Gasteiger charge is -2.30. The van der Waals surface area contributed by atoms with Crippen LogP contribution in [0.2, 0.25) is 0 Å². The quantitative estimate of drug-likeness (QED) is 0.868. The molecular weight excluding hydrogens is 316 g/mol. The third kappa shape index (κ3) is 3.76. The van der Waals surface area contributed by atoms with Gasteiger partial charge in [-0.25, -0.2) is 0 Å². The van der Waals surface area contributed by atoms with Gasteiger partial charge in [0.25, 0.3) is 0 Å². The van der Waals surface area contributed by atoms with Crippen molar-refractivity contribution in [1.82, 2.24) is 19.9 Å². The molecule has 1 aromatic carbocycles. The summed E-state index contributed by atoms with van der Waals surface area (Å²) in [4.78, 5) is 9.47. The fourth-order valence-corrected chi connectivity index (χ4v) is 4.12. The molecule has 134 valence electrons. The lowest BCUT2D eigenvalue weighted by atomic mass is 10.2. The van der Waals surface area contributed by atoms with Crippen LogP contribution in [0.4, 0.5) is 0 Å². The fraction of sp³-hybridized carbons (Fsp3) is 0.579. The molecule has 0 bridgehead atoms. The minimum atomic E-state index is 0.275. The van der Waals surface area contributed by atoms with E-state index in [-0.39, 0.29) is 6.61 Å². The molecule has 1 aromatic heterocycles. The molecule has 1 N–H and O–H groups in total. The van der Waals surface area contributed by atoms with Crippen molar-refractivity contribution in [1.29, 1.82) is 0 Å². The first-order valence-electron chi connectivity index (χ1n) is 9.30. The maximum Gasteiger partial charge on any atom is 0.241 e. The normalized spacial score (nSPS) is 25.0. The Morgan fingerprint density at radius 2 is 1.80 bits per heavy atom. The zero-order chi connectivity index (χ0) is 17.1. The molecule has 3 heterocycles. The van der Waals surface area contributed by atoms with Crippen LogP contribution in [-0.4, -0.2) is 63.4 Å². The van der Waals surface area contributed by atoms with Gasteiger partial charge in [0, 0.05) is 24.2 Å². The summed E-state index contributed by atoms with van der Waals surface area (Å²) in [5.41, 5.74) is 0.985. The highest BCUT2D eigenvalue weighted by molar-refractivity contribution is 5.53. The van der Waals surface area contributed by atoms with E-state index in [4.69, 9.17) is 4.52 Å². The van der Waals surface area contributed by atoms with Crippen LogP contribution in [0.5, 0.6) is 0 Å². The number of likely N-dealkylation sites (tertiary alicyclic amines) is 2. The van der Waals surface area contributed by atoms with Crippen molar-refractivity contribution < 1.29 is 9.63 Å². The van der Waals surface area contributed by atoms with E-state index in [1.807, 2.05) is 30.3 Å². The van der Waals surface area contributed by atoms with Crippen LogP contribution in [0.1, 0.15) is 31.6 Å². The van der Waals surface area contributed by atoms with Gasteiger partial charge in [0.15, 0.2) is 0 Å². The zero-order valence-corrected chi connectivity index (χ0v) is 14.5. The number of aliphatic hydroxyl groups is 1. The summed E-state index contributed by atoms with van der Waals surface area (Å²) in [7, 11) is 0. The van der Waals surface area contributed by atoms with Gasteiger partial charge in [-0.15, -0.1) is 0 Å². The topological polar surface area (TPSA) is 65.6 Å². The van der Waals surface area contributed by atoms with E-state index in [2.05, 4.69) is 19.9 Å². The summed E-state index contributed by atoms with van der Waals surface area (Å²) >= 11 is 0. The predicted octanol–water partition coefficient (Wildman–Crippen LogP) is 2.16. The number of rotatable bonds is 6. The van der Waals surface area contributed by atoms with Crippen LogP contribution in [0.3, 0.4) is 0 Å². The Bertz CT molecular complexity index is 675. The molecular formula is C19H26N4O2. The predicted molar refractivity (Wildman–Crippen MR) is 94.8 cm³/mol. The van der Waals surface area contributed by atoms with E-state index in [0.717, 1.165) is 31.6 Å². The van der Waals surface area contributed by atoms with Crippen molar-refractivity contribution in [2.75, 3.05) is 26.2 Å². The minimum Gasteiger partial charge on any atom is -0.395 e. The van der Waals surface area contributed by atoms with E-state index in [1.165, 1.54) is 19.3 Å². The maximum absolute atomic E-state index is 9.53. The Hall–Kier alpha value is -1.76. The van der Waals surface area contributed by atoms with Crippen molar-refractivity contribution in [3.63, 3.8) is 0 Å². The van der Waals surface area contributed by atoms with Crippen molar-refractivity contribution in [3.8, 4) is 11.4 Å². The first-order valence-corrected chi connectivity index (χ1v) is 9.30. The highest BCUT2D eigenvalue weighted by Crippen LogP contribution is 2.25. The van der Waals surface area contributed by atoms with E-state index < -0.39 is 0 Å². The minimum absolute atomic E-state index is 0.275. The molecule has 2 unspecified atom stereocenters. The highest BCUT2D eigenvalue weighted by Gasteiger charge is 2.32. The molecule has 0 spiro atoms. The third-order valence-corrected chi connectivity index (χ3v) is 5.49. The SMILES string of the molecule is OCC1CCCN1CC1CCCN1Cc1nc(-c2ccccc2)no1. The van der Waals surface area contributed by atoms with Gasteiger partial charge in [0.05, 0.1) is 13.2 Å². The van der Waals surface area contributed by atoms with Crippen LogP contribution in [0.25, 0.3) is 11.4 Å². The highest BCUT2D eigenvalue weighted by atomic mass is 16.5. The molecule has 2 aromatic rings. The Morgan fingerprint density at radius 1 is 1.04 bits per heavy atom. The van der Waals surface area contributed by atoms with Crippen molar-refractivity contribution in [2.24, 2.45) is 0 Å². The van der Waals surface area contributed by atoms with Crippen LogP contribution >= 0.6 is 0 Å². The first kappa shape index (κ1) is 16.7. The second-order valence-corrected chi connectivity index (χ2v) is 7.12. The van der Waals surface area contributed by atoms with Crippen LogP contribution in [0.15, 0.2) is 34.9 Å². The molecule has 0 aliphatic carbocycles. The van der Waals surface area contributed by atoms with Gasteiger partial charge in [0.1, 0.15) is 0 Å². The summed E-state index contributed by atoms with van der Waals surface area (Å²) in [6.45, 7) is 4.20. The maximum atomic E-state index is 9.53. The summed E-state index contributed by atoms with van der Waals surface area (Å²) in [5, 5.41) is 13.7. The molecule has 6 heteroatoms. The van der Waals surface area contributed by atoms with Gasteiger partial charge in [-0.2, -0.15) is 4.98 Å². The molecule has 2 aliphatic rings. The number of aromatic nitrogens is 2. The largest absolute Gasteiger partial charge is 0.395 e. The number of aliphatic hydroxyl groups excluding tert-OH is 1. The van der Waals surface area contributed by atoms with E-state index in [1.54, 1.807) is 0 Å². The molecule has 2 aliphatic heterocycles. The van der Waals surface area contributed by atoms with Crippen molar-refractivity contribution >= 4 is 0 Å². The number of nitrogens with zero attached hydrogens (tertiary/aromatic N) is 4. The van der Waals surface area contributed by atoms with Crippen LogP contribution in [0, 0.1) is 0 Å². The Morgan fingerprint density at radius 3 is 2.60 bits per heavy atom. The number of hydrogen-bond acceptors (Lipinski definition) is 6. The molecule has 4 rings (SSSR count). The van der Waals surface area contributed by atoms with E-state index >= 15 is 0 Å². The average Bonchev–Trinajstić information content (AvgIpc) is 3.38. The van der Waals surface area contributed by atoms with Gasteiger partial charge in [-0.3, -0.25) is 9.80 Å². The number of benzene rings is 1. The molecule has 2 fully saturated rings. The Balaban J connectivity index is 1.39. The van der Waals surface area contributed by atoms with Crippen molar-refractivity contribution in [3.05, 3.63) is 36.2 Å². The lowest BCUT2D eigenvalue weighted by Crippen LogP contribution is -2.43. The second-order valence-electron chi connectivity index (χ2n) is 7.12. The second kappa shape index (κ2) is 7.64. The average molecular weight is 342 g/mol. The van der Waals surface area contributed by atoms with Gasteiger partial charge >= 0.3 is 0 Å². The molecule has 6 nitrogen and oxygen atoms in total. The van der Waals surface area contributed by atoms with Crippen molar-refractivity contribution in [2.45, 2.75) is 44.3 Å².